The van der Waals surface area contributed by atoms with Crippen molar-refractivity contribution in [2.24, 2.45) is 0 Å². The molecule has 10 heteroatoms. The van der Waals surface area contributed by atoms with Crippen LogP contribution in [0.4, 0.5) is 23.0 Å². The van der Waals surface area contributed by atoms with Crippen molar-refractivity contribution in [1.29, 1.82) is 0 Å². The van der Waals surface area contributed by atoms with Gasteiger partial charge in [-0.2, -0.15) is 8.75 Å². The Morgan fingerprint density at radius 3 is 1.50 bits per heavy atom. The van der Waals surface area contributed by atoms with Crippen molar-refractivity contribution in [3.63, 3.8) is 0 Å². The van der Waals surface area contributed by atoms with E-state index in [1.807, 2.05) is 60.7 Å². The molecule has 4 aromatic carbocycles. The molecule has 0 aliphatic rings. The second-order valence-corrected chi connectivity index (χ2v) is 10.8. The summed E-state index contributed by atoms with van der Waals surface area (Å²) in [6.45, 7) is 0. The zero-order valence-electron chi connectivity index (χ0n) is 19.4. The van der Waals surface area contributed by atoms with Gasteiger partial charge in [0.15, 0.2) is 11.6 Å². The molecule has 2 heterocycles. The van der Waals surface area contributed by atoms with Crippen LogP contribution in [0.15, 0.2) is 72.8 Å². The maximum Gasteiger partial charge on any atom is 0.152 e. The molecule has 38 heavy (non-hydrogen) atoms. The van der Waals surface area contributed by atoms with Crippen molar-refractivity contribution in [2.75, 3.05) is 10.6 Å². The summed E-state index contributed by atoms with van der Waals surface area (Å²) in [5, 5.41) is 9.46. The average Bonchev–Trinajstić information content (AvgIpc) is 3.54. The molecule has 6 aromatic rings. The van der Waals surface area contributed by atoms with Crippen LogP contribution in [0.5, 0.6) is 0 Å². The number of aldehydes is 2. The lowest BCUT2D eigenvalue weighted by atomic mass is 10.0. The topological polar surface area (TPSA) is 84.0 Å². The Labute approximate surface area is 235 Å². The summed E-state index contributed by atoms with van der Waals surface area (Å²) in [6.07, 6.45) is 1.64. The summed E-state index contributed by atoms with van der Waals surface area (Å²) >= 11 is 16.4. The molecule has 0 unspecified atom stereocenters. The minimum atomic E-state index is 0.498. The molecule has 0 aliphatic heterocycles. The van der Waals surface area contributed by atoms with Crippen LogP contribution in [0.25, 0.3) is 31.3 Å². The van der Waals surface area contributed by atoms with Crippen molar-refractivity contribution in [3.05, 3.63) is 94.0 Å². The first kappa shape index (κ1) is 24.5. The number of fused-ring (bicyclic) bond motifs is 2. The smallest absolute Gasteiger partial charge is 0.152 e. The number of carbonyl (C=O) groups is 2. The van der Waals surface area contributed by atoms with Crippen LogP contribution in [0.1, 0.15) is 20.7 Å². The normalized spacial score (nSPS) is 11.1. The molecule has 186 valence electrons. The Morgan fingerprint density at radius 2 is 1.08 bits per heavy atom. The molecule has 0 saturated heterocycles. The SMILES string of the molecule is O=Cc1ccc2c(Nc3cccc(-c4cccc(Nc5nsc6cc(C=O)ccc56)c4Cl)c3Cl)nsc2c1. The molecule has 2 aromatic heterocycles. The van der Waals surface area contributed by atoms with E-state index in [1.165, 1.54) is 23.1 Å². The molecule has 2 N–H and O–H groups in total. The first-order valence-corrected chi connectivity index (χ1v) is 13.7. The van der Waals surface area contributed by atoms with E-state index in [0.717, 1.165) is 43.9 Å². The highest BCUT2D eigenvalue weighted by molar-refractivity contribution is 7.14. The minimum Gasteiger partial charge on any atom is -0.338 e. The van der Waals surface area contributed by atoms with Gasteiger partial charge in [-0.15, -0.1) is 0 Å². The zero-order chi connectivity index (χ0) is 26.2. The van der Waals surface area contributed by atoms with Crippen LogP contribution in [0.2, 0.25) is 10.0 Å². The summed E-state index contributed by atoms with van der Waals surface area (Å²) < 4.78 is 10.8. The van der Waals surface area contributed by atoms with Gasteiger partial charge in [-0.3, -0.25) is 9.59 Å². The van der Waals surface area contributed by atoms with Gasteiger partial charge in [0.05, 0.1) is 30.8 Å². The fraction of sp³-hybridized carbons (Fsp3) is 0. The fourth-order valence-corrected chi connectivity index (χ4v) is 6.28. The van der Waals surface area contributed by atoms with Crippen LogP contribution in [-0.2, 0) is 0 Å². The number of halogens is 2. The average molecular weight is 576 g/mol. The van der Waals surface area contributed by atoms with Crippen molar-refractivity contribution in [1.82, 2.24) is 8.75 Å². The third kappa shape index (κ3) is 4.41. The lowest BCUT2D eigenvalue weighted by molar-refractivity contribution is 0.111. The second kappa shape index (κ2) is 10.2. The number of nitrogens with zero attached hydrogens (tertiary/aromatic N) is 2. The number of hydrogen-bond acceptors (Lipinski definition) is 8. The van der Waals surface area contributed by atoms with Gasteiger partial charge in [0.25, 0.3) is 0 Å². The monoisotopic (exact) mass is 574 g/mol. The van der Waals surface area contributed by atoms with Gasteiger partial charge < -0.3 is 10.6 Å². The first-order valence-electron chi connectivity index (χ1n) is 11.4. The van der Waals surface area contributed by atoms with E-state index in [4.69, 9.17) is 23.2 Å². The maximum atomic E-state index is 11.1. The highest BCUT2D eigenvalue weighted by Gasteiger charge is 2.17. The van der Waals surface area contributed by atoms with E-state index >= 15 is 0 Å². The van der Waals surface area contributed by atoms with Crippen LogP contribution in [-0.4, -0.2) is 21.3 Å². The lowest BCUT2D eigenvalue weighted by Gasteiger charge is -2.14. The fourth-order valence-electron chi connectivity index (χ4n) is 4.16. The minimum absolute atomic E-state index is 0.498. The Morgan fingerprint density at radius 1 is 0.632 bits per heavy atom. The van der Waals surface area contributed by atoms with E-state index in [-0.39, 0.29) is 0 Å². The molecular weight excluding hydrogens is 559 g/mol. The first-order chi connectivity index (χ1) is 18.6. The maximum absolute atomic E-state index is 11.1. The van der Waals surface area contributed by atoms with Crippen LogP contribution < -0.4 is 10.6 Å². The zero-order valence-corrected chi connectivity index (χ0v) is 22.5. The molecule has 0 fully saturated rings. The Bertz CT molecular complexity index is 1730. The summed E-state index contributed by atoms with van der Waals surface area (Å²) in [6, 6.07) is 22.3. The highest BCUT2D eigenvalue weighted by atomic mass is 35.5. The van der Waals surface area contributed by atoms with Crippen LogP contribution in [0, 0.1) is 0 Å². The largest absolute Gasteiger partial charge is 0.338 e. The summed E-state index contributed by atoms with van der Waals surface area (Å²) in [5.74, 6) is 1.33. The number of carbonyl (C=O) groups excluding carboxylic acids is 2. The Kier molecular flexibility index (Phi) is 6.55. The van der Waals surface area contributed by atoms with Gasteiger partial charge in [0.1, 0.15) is 12.6 Å². The van der Waals surface area contributed by atoms with Crippen molar-refractivity contribution < 1.29 is 9.59 Å². The van der Waals surface area contributed by atoms with Crippen molar-refractivity contribution in [3.8, 4) is 11.1 Å². The number of rotatable bonds is 7. The molecule has 6 rings (SSSR count). The van der Waals surface area contributed by atoms with Crippen LogP contribution in [0.3, 0.4) is 0 Å². The molecule has 0 radical (unpaired) electrons. The Balaban J connectivity index is 1.33. The molecule has 0 spiro atoms. The van der Waals surface area contributed by atoms with Gasteiger partial charge >= 0.3 is 0 Å². The molecule has 0 aliphatic carbocycles. The van der Waals surface area contributed by atoms with E-state index < -0.39 is 0 Å². The van der Waals surface area contributed by atoms with Gasteiger partial charge in [-0.1, -0.05) is 59.6 Å². The predicted molar refractivity (Wildman–Crippen MR) is 158 cm³/mol. The molecular formula is C28H16Cl2N4O2S2. The van der Waals surface area contributed by atoms with Gasteiger partial charge in [0, 0.05) is 33.0 Å². The van der Waals surface area contributed by atoms with Gasteiger partial charge in [0.2, 0.25) is 0 Å². The number of anilines is 4. The lowest BCUT2D eigenvalue weighted by Crippen LogP contribution is -1.96. The number of aromatic nitrogens is 2. The predicted octanol–water partition coefficient (Wildman–Crippen LogP) is 8.99. The molecule has 0 amide bonds. The number of benzene rings is 4. The second-order valence-electron chi connectivity index (χ2n) is 8.39. The van der Waals surface area contributed by atoms with Gasteiger partial charge in [-0.05, 0) is 59.5 Å². The molecule has 0 bridgehead atoms. The molecule has 0 atom stereocenters. The van der Waals surface area contributed by atoms with E-state index in [9.17, 15) is 9.59 Å². The van der Waals surface area contributed by atoms with E-state index in [1.54, 1.807) is 12.1 Å². The quantitative estimate of drug-likeness (QED) is 0.185. The Hall–Kier alpha value is -3.82. The standard InChI is InChI=1S/C28H16Cl2N4O2S2/c29-25-17(3-1-5-21(25)31-27-19-9-7-15(13-35)11-23(19)37-33-27)18-4-2-6-22(26(18)30)32-28-20-10-8-16(14-36)12-24(20)38-34-28/h1-14H,(H,31,33)(H,32,34). The summed E-state index contributed by atoms with van der Waals surface area (Å²) in [7, 11) is 0. The number of nitrogens with one attached hydrogen (secondary N) is 2. The summed E-state index contributed by atoms with van der Waals surface area (Å²) in [4.78, 5) is 22.2. The summed E-state index contributed by atoms with van der Waals surface area (Å²) in [5.41, 5.74) is 4.08. The third-order valence-electron chi connectivity index (χ3n) is 6.06. The van der Waals surface area contributed by atoms with E-state index in [0.29, 0.717) is 44.2 Å². The van der Waals surface area contributed by atoms with E-state index in [2.05, 4.69) is 19.4 Å². The highest BCUT2D eigenvalue weighted by Crippen LogP contribution is 2.42. The van der Waals surface area contributed by atoms with Gasteiger partial charge in [-0.25, -0.2) is 0 Å². The molecule has 6 nitrogen and oxygen atoms in total. The van der Waals surface area contributed by atoms with Crippen molar-refractivity contribution in [2.45, 2.75) is 0 Å². The van der Waals surface area contributed by atoms with Crippen LogP contribution >= 0.6 is 46.3 Å². The molecule has 0 saturated carbocycles. The number of hydrogen-bond donors (Lipinski definition) is 2. The van der Waals surface area contributed by atoms with Crippen molar-refractivity contribution >= 4 is 102 Å². The third-order valence-corrected chi connectivity index (χ3v) is 8.49.